The van der Waals surface area contributed by atoms with Crippen LogP contribution in [0.25, 0.3) is 0 Å². The Morgan fingerprint density at radius 1 is 1.44 bits per heavy atom. The van der Waals surface area contributed by atoms with E-state index in [4.69, 9.17) is 4.89 Å². The zero-order chi connectivity index (χ0) is 7.49. The molecule has 0 aromatic rings. The fourth-order valence-electron chi connectivity index (χ4n) is 0.431. The van der Waals surface area contributed by atoms with Crippen molar-refractivity contribution in [3.05, 3.63) is 0 Å². The highest BCUT2D eigenvalue weighted by molar-refractivity contribution is 7.37. The lowest BCUT2D eigenvalue weighted by Crippen LogP contribution is -2.05. The third-order valence-electron chi connectivity index (χ3n) is 1.05. The summed E-state index contributed by atoms with van der Waals surface area (Å²) >= 11 is 0. The van der Waals surface area contributed by atoms with Crippen molar-refractivity contribution in [2.24, 2.45) is 5.41 Å². The first-order valence-electron chi connectivity index (χ1n) is 3.05. The van der Waals surface area contributed by atoms with Gasteiger partial charge in [0.1, 0.15) is 0 Å². The standard InChI is InChI=1S/C6H13O2P/c1-6(2,3)4-5-9(7)8/h4-5H2,1-3H3/p+1. The van der Waals surface area contributed by atoms with Crippen molar-refractivity contribution in [2.75, 3.05) is 6.16 Å². The second-order valence-electron chi connectivity index (χ2n) is 3.39. The second kappa shape index (κ2) is 3.28. The predicted octanol–water partition coefficient (Wildman–Crippen LogP) is 2.16. The molecule has 0 amide bonds. The summed E-state index contributed by atoms with van der Waals surface area (Å²) in [6, 6.07) is 0. The number of rotatable bonds is 2. The van der Waals surface area contributed by atoms with Crippen molar-refractivity contribution >= 4 is 8.03 Å². The van der Waals surface area contributed by atoms with Gasteiger partial charge < -0.3 is 0 Å². The molecule has 1 atom stereocenters. The van der Waals surface area contributed by atoms with E-state index in [1.54, 1.807) is 0 Å². The maximum absolute atomic E-state index is 10.2. The van der Waals surface area contributed by atoms with Gasteiger partial charge in [0.15, 0.2) is 6.16 Å². The van der Waals surface area contributed by atoms with Gasteiger partial charge in [-0.3, -0.25) is 0 Å². The van der Waals surface area contributed by atoms with Gasteiger partial charge in [-0.2, -0.15) is 4.89 Å². The lowest BCUT2D eigenvalue weighted by molar-refractivity contribution is 0.391. The van der Waals surface area contributed by atoms with E-state index < -0.39 is 8.03 Å². The smallest absolute Gasteiger partial charge is 0.161 e. The zero-order valence-corrected chi connectivity index (χ0v) is 7.11. The minimum atomic E-state index is -1.91. The molecule has 0 aromatic heterocycles. The topological polar surface area (TPSA) is 37.3 Å². The van der Waals surface area contributed by atoms with Gasteiger partial charge in [-0.1, -0.05) is 20.8 Å². The molecular weight excluding hydrogens is 135 g/mol. The first kappa shape index (κ1) is 9.06. The molecule has 9 heavy (non-hydrogen) atoms. The van der Waals surface area contributed by atoms with Crippen LogP contribution in [0.5, 0.6) is 0 Å². The molecule has 0 aliphatic carbocycles. The van der Waals surface area contributed by atoms with E-state index >= 15 is 0 Å². The van der Waals surface area contributed by atoms with E-state index in [9.17, 15) is 4.57 Å². The van der Waals surface area contributed by atoms with E-state index in [0.717, 1.165) is 6.42 Å². The molecule has 1 unspecified atom stereocenters. The maximum Gasteiger partial charge on any atom is 0.505 e. The molecule has 0 saturated carbocycles. The van der Waals surface area contributed by atoms with Crippen LogP contribution < -0.4 is 0 Å². The summed E-state index contributed by atoms with van der Waals surface area (Å²) in [6.07, 6.45) is 1.25. The minimum Gasteiger partial charge on any atom is -0.161 e. The van der Waals surface area contributed by atoms with Crippen LogP contribution in [0.4, 0.5) is 0 Å². The lowest BCUT2D eigenvalue weighted by Gasteiger charge is -2.13. The molecule has 54 valence electrons. The van der Waals surface area contributed by atoms with Gasteiger partial charge in [0.2, 0.25) is 0 Å². The Morgan fingerprint density at radius 2 is 1.89 bits per heavy atom. The van der Waals surface area contributed by atoms with Gasteiger partial charge in [-0.25, -0.2) is 0 Å². The van der Waals surface area contributed by atoms with Crippen LogP contribution in [-0.2, 0) is 4.57 Å². The average molecular weight is 149 g/mol. The molecule has 0 rings (SSSR count). The Hall–Kier alpha value is 0.0600. The molecule has 0 aliphatic rings. The minimum absolute atomic E-state index is 0.188. The second-order valence-corrected chi connectivity index (χ2v) is 4.54. The summed E-state index contributed by atoms with van der Waals surface area (Å²) in [5.74, 6) is 0. The molecule has 0 bridgehead atoms. The third kappa shape index (κ3) is 8.06. The molecule has 0 spiro atoms. The summed E-state index contributed by atoms with van der Waals surface area (Å²) in [5.41, 5.74) is 0.188. The molecule has 0 aliphatic heterocycles. The Kier molecular flexibility index (Phi) is 3.31. The van der Waals surface area contributed by atoms with Crippen molar-refractivity contribution < 1.29 is 9.46 Å². The normalized spacial score (nSPS) is 13.6. The molecule has 0 fully saturated rings. The monoisotopic (exact) mass is 149 g/mol. The van der Waals surface area contributed by atoms with Crippen LogP contribution in [0.15, 0.2) is 0 Å². The van der Waals surface area contributed by atoms with E-state index in [-0.39, 0.29) is 5.41 Å². The largest absolute Gasteiger partial charge is 0.505 e. The van der Waals surface area contributed by atoms with Crippen LogP contribution >= 0.6 is 8.03 Å². The van der Waals surface area contributed by atoms with Crippen molar-refractivity contribution in [1.29, 1.82) is 0 Å². The van der Waals surface area contributed by atoms with Crippen molar-refractivity contribution in [3.63, 3.8) is 0 Å². The Labute approximate surface area is 57.1 Å². The molecule has 2 nitrogen and oxygen atoms in total. The lowest BCUT2D eigenvalue weighted by atomic mass is 9.94. The quantitative estimate of drug-likeness (QED) is 0.611. The SMILES string of the molecule is CC(C)(C)CC[P+](=O)O. The van der Waals surface area contributed by atoms with E-state index in [2.05, 4.69) is 20.8 Å². The Morgan fingerprint density at radius 3 is 2.00 bits per heavy atom. The fourth-order valence-corrected chi connectivity index (χ4v) is 1.29. The van der Waals surface area contributed by atoms with Crippen LogP contribution in [0.3, 0.4) is 0 Å². The van der Waals surface area contributed by atoms with Gasteiger partial charge in [-0.15, -0.1) is 0 Å². The van der Waals surface area contributed by atoms with Crippen LogP contribution in [-0.4, -0.2) is 11.1 Å². The summed E-state index contributed by atoms with van der Waals surface area (Å²) < 4.78 is 10.2. The van der Waals surface area contributed by atoms with Crippen LogP contribution in [0.1, 0.15) is 27.2 Å². The van der Waals surface area contributed by atoms with E-state index in [1.807, 2.05) is 0 Å². The zero-order valence-electron chi connectivity index (χ0n) is 6.22. The van der Waals surface area contributed by atoms with E-state index in [1.165, 1.54) is 0 Å². The van der Waals surface area contributed by atoms with Gasteiger partial charge >= 0.3 is 8.03 Å². The predicted molar refractivity (Wildman–Crippen MR) is 38.8 cm³/mol. The molecule has 0 heterocycles. The van der Waals surface area contributed by atoms with Gasteiger partial charge in [0.25, 0.3) is 0 Å². The molecule has 0 aromatic carbocycles. The van der Waals surface area contributed by atoms with Crippen molar-refractivity contribution in [2.45, 2.75) is 27.2 Å². The molecule has 1 N–H and O–H groups in total. The van der Waals surface area contributed by atoms with Gasteiger partial charge in [0.05, 0.1) is 0 Å². The van der Waals surface area contributed by atoms with Crippen molar-refractivity contribution in [3.8, 4) is 0 Å². The molecular formula is C6H14O2P+. The summed E-state index contributed by atoms with van der Waals surface area (Å²) in [7, 11) is -1.91. The highest BCUT2D eigenvalue weighted by Gasteiger charge is 2.17. The Bertz CT molecular complexity index is 104. The van der Waals surface area contributed by atoms with Crippen LogP contribution in [0.2, 0.25) is 0 Å². The first-order valence-corrected chi connectivity index (χ1v) is 4.45. The Balaban J connectivity index is 3.39. The number of hydrogen-bond acceptors (Lipinski definition) is 1. The van der Waals surface area contributed by atoms with Gasteiger partial charge in [-0.05, 0) is 16.4 Å². The average Bonchev–Trinajstić information content (AvgIpc) is 1.59. The maximum atomic E-state index is 10.2. The third-order valence-corrected chi connectivity index (χ3v) is 1.66. The first-order chi connectivity index (χ1) is 3.92. The molecule has 3 heteroatoms. The summed E-state index contributed by atoms with van der Waals surface area (Å²) in [5, 5.41) is 0. The summed E-state index contributed by atoms with van der Waals surface area (Å²) in [4.78, 5) is 8.42. The molecule has 0 radical (unpaired) electrons. The summed E-state index contributed by atoms with van der Waals surface area (Å²) in [6.45, 7) is 6.18. The highest BCUT2D eigenvalue weighted by atomic mass is 31.1. The number of hydrogen-bond donors (Lipinski definition) is 1. The van der Waals surface area contributed by atoms with Crippen LogP contribution in [0, 0.1) is 5.41 Å². The highest BCUT2D eigenvalue weighted by Crippen LogP contribution is 2.25. The van der Waals surface area contributed by atoms with Gasteiger partial charge in [0, 0.05) is 0 Å². The molecule has 0 saturated heterocycles. The fraction of sp³-hybridized carbons (Fsp3) is 1.00. The van der Waals surface area contributed by atoms with E-state index in [0.29, 0.717) is 6.16 Å². The van der Waals surface area contributed by atoms with Crippen molar-refractivity contribution in [1.82, 2.24) is 0 Å².